The highest BCUT2D eigenvalue weighted by Gasteiger charge is 2.10. The molecule has 3 aromatic rings. The Bertz CT molecular complexity index is 841. The van der Waals surface area contributed by atoms with Gasteiger partial charge in [0, 0.05) is 11.3 Å². The van der Waals surface area contributed by atoms with Crippen LogP contribution in [0.25, 0.3) is 10.2 Å². The summed E-state index contributed by atoms with van der Waals surface area (Å²) >= 11 is 1.58. The van der Waals surface area contributed by atoms with Crippen molar-refractivity contribution in [3.8, 4) is 0 Å². The molecular formula is C16H13FN2OS. The molecule has 0 saturated carbocycles. The molecule has 1 heterocycles. The number of aromatic nitrogens is 1. The number of rotatable bonds is 2. The van der Waals surface area contributed by atoms with E-state index in [1.54, 1.807) is 18.3 Å². The van der Waals surface area contributed by atoms with E-state index < -0.39 is 0 Å². The van der Waals surface area contributed by atoms with Gasteiger partial charge in [0.15, 0.2) is 0 Å². The average Bonchev–Trinajstić information content (AvgIpc) is 2.77. The lowest BCUT2D eigenvalue weighted by atomic mass is 10.1. The summed E-state index contributed by atoms with van der Waals surface area (Å²) in [4.78, 5) is 16.6. The summed E-state index contributed by atoms with van der Waals surface area (Å²) in [7, 11) is 0. The molecule has 0 spiro atoms. The first-order valence-corrected chi connectivity index (χ1v) is 7.29. The second-order valence-electron chi connectivity index (χ2n) is 4.83. The third-order valence-electron chi connectivity index (χ3n) is 3.19. The number of fused-ring (bicyclic) bond motifs is 1. The fourth-order valence-corrected chi connectivity index (χ4v) is 3.06. The Labute approximate surface area is 125 Å². The van der Waals surface area contributed by atoms with E-state index in [1.807, 2.05) is 25.1 Å². The van der Waals surface area contributed by atoms with Crippen molar-refractivity contribution in [2.75, 3.05) is 5.32 Å². The fourth-order valence-electron chi connectivity index (χ4n) is 2.20. The molecule has 0 radical (unpaired) electrons. The molecule has 21 heavy (non-hydrogen) atoms. The summed E-state index contributed by atoms with van der Waals surface area (Å²) in [5.41, 5.74) is 2.72. The van der Waals surface area contributed by atoms with Crippen LogP contribution >= 0.6 is 11.3 Å². The van der Waals surface area contributed by atoms with E-state index in [9.17, 15) is 9.18 Å². The highest BCUT2D eigenvalue weighted by Crippen LogP contribution is 2.25. The van der Waals surface area contributed by atoms with E-state index in [4.69, 9.17) is 0 Å². The molecule has 1 N–H and O–H groups in total. The molecule has 1 aromatic heterocycles. The lowest BCUT2D eigenvalue weighted by molar-refractivity contribution is 0.102. The summed E-state index contributed by atoms with van der Waals surface area (Å²) in [6.45, 7) is 3.67. The molecule has 5 heteroatoms. The Morgan fingerprint density at radius 3 is 2.76 bits per heavy atom. The van der Waals surface area contributed by atoms with Gasteiger partial charge in [-0.3, -0.25) is 4.79 Å². The van der Waals surface area contributed by atoms with Gasteiger partial charge in [-0.2, -0.15) is 0 Å². The van der Waals surface area contributed by atoms with Crippen LogP contribution in [0.4, 0.5) is 10.1 Å². The zero-order valence-corrected chi connectivity index (χ0v) is 12.4. The van der Waals surface area contributed by atoms with E-state index in [0.29, 0.717) is 16.8 Å². The topological polar surface area (TPSA) is 42.0 Å². The summed E-state index contributed by atoms with van der Waals surface area (Å²) in [5, 5.41) is 3.83. The number of hydrogen-bond acceptors (Lipinski definition) is 3. The van der Waals surface area contributed by atoms with Gasteiger partial charge in [0.25, 0.3) is 5.91 Å². The van der Waals surface area contributed by atoms with Gasteiger partial charge < -0.3 is 5.32 Å². The van der Waals surface area contributed by atoms with Gasteiger partial charge in [-0.1, -0.05) is 0 Å². The molecule has 0 aliphatic heterocycles. The Morgan fingerprint density at radius 1 is 1.19 bits per heavy atom. The van der Waals surface area contributed by atoms with Crippen molar-refractivity contribution in [1.82, 2.24) is 4.98 Å². The van der Waals surface area contributed by atoms with Gasteiger partial charge in [-0.05, 0) is 55.8 Å². The van der Waals surface area contributed by atoms with Gasteiger partial charge in [-0.25, -0.2) is 9.37 Å². The molecule has 1 amide bonds. The molecule has 3 rings (SSSR count). The van der Waals surface area contributed by atoms with Crippen molar-refractivity contribution in [3.05, 3.63) is 58.3 Å². The van der Waals surface area contributed by atoms with E-state index in [1.165, 1.54) is 18.2 Å². The van der Waals surface area contributed by atoms with E-state index in [2.05, 4.69) is 10.3 Å². The standard InChI is InChI=1S/C16H13FN2OS/c1-9-7-11(17)3-5-13(9)16(20)19-12-4-6-14-15(8-12)21-10(2)18-14/h3-8H,1-2H3,(H,19,20). The van der Waals surface area contributed by atoms with Crippen molar-refractivity contribution in [3.63, 3.8) is 0 Å². The Morgan fingerprint density at radius 2 is 2.00 bits per heavy atom. The van der Waals surface area contributed by atoms with Crippen LogP contribution in [0.15, 0.2) is 36.4 Å². The number of benzene rings is 2. The largest absolute Gasteiger partial charge is 0.322 e. The second kappa shape index (κ2) is 5.26. The fraction of sp³-hybridized carbons (Fsp3) is 0.125. The molecular weight excluding hydrogens is 287 g/mol. The predicted octanol–water partition coefficient (Wildman–Crippen LogP) is 4.30. The van der Waals surface area contributed by atoms with Gasteiger partial charge in [0.1, 0.15) is 5.82 Å². The summed E-state index contributed by atoms with van der Waals surface area (Å²) in [6, 6.07) is 9.73. The van der Waals surface area contributed by atoms with Crippen LogP contribution in [0.5, 0.6) is 0 Å². The first kappa shape index (κ1) is 13.7. The number of nitrogens with one attached hydrogen (secondary N) is 1. The van der Waals surface area contributed by atoms with Crippen LogP contribution in [0, 0.1) is 19.7 Å². The third kappa shape index (κ3) is 2.78. The SMILES string of the molecule is Cc1nc2ccc(NC(=O)c3ccc(F)cc3C)cc2s1. The van der Waals surface area contributed by atoms with Crippen LogP contribution in [0.1, 0.15) is 20.9 Å². The zero-order chi connectivity index (χ0) is 15.0. The molecule has 0 aliphatic rings. The molecule has 0 saturated heterocycles. The summed E-state index contributed by atoms with van der Waals surface area (Å²) in [6.07, 6.45) is 0. The lowest BCUT2D eigenvalue weighted by Crippen LogP contribution is -2.13. The maximum absolute atomic E-state index is 13.1. The van der Waals surface area contributed by atoms with Crippen molar-refractivity contribution in [2.24, 2.45) is 0 Å². The molecule has 0 unspecified atom stereocenters. The number of anilines is 1. The van der Waals surface area contributed by atoms with Crippen molar-refractivity contribution < 1.29 is 9.18 Å². The van der Waals surface area contributed by atoms with Crippen LogP contribution in [-0.2, 0) is 0 Å². The highest BCUT2D eigenvalue weighted by atomic mass is 32.1. The molecule has 0 aliphatic carbocycles. The third-order valence-corrected chi connectivity index (χ3v) is 4.12. The number of thiazole rings is 1. The van der Waals surface area contributed by atoms with Crippen molar-refractivity contribution in [1.29, 1.82) is 0 Å². The van der Waals surface area contributed by atoms with Gasteiger partial charge in [-0.15, -0.1) is 11.3 Å². The number of amides is 1. The number of carbonyl (C=O) groups is 1. The number of halogens is 1. The predicted molar refractivity (Wildman–Crippen MR) is 83.4 cm³/mol. The summed E-state index contributed by atoms with van der Waals surface area (Å²) < 4.78 is 14.1. The maximum atomic E-state index is 13.1. The first-order valence-electron chi connectivity index (χ1n) is 6.47. The minimum atomic E-state index is -0.342. The van der Waals surface area contributed by atoms with Crippen LogP contribution in [-0.4, -0.2) is 10.9 Å². The zero-order valence-electron chi connectivity index (χ0n) is 11.6. The van der Waals surface area contributed by atoms with Crippen LogP contribution in [0.3, 0.4) is 0 Å². The van der Waals surface area contributed by atoms with Crippen molar-refractivity contribution >= 4 is 33.1 Å². The molecule has 0 bridgehead atoms. The Hall–Kier alpha value is -2.27. The lowest BCUT2D eigenvalue weighted by Gasteiger charge is -2.07. The van der Waals surface area contributed by atoms with Gasteiger partial charge in [0.05, 0.1) is 15.2 Å². The normalized spacial score (nSPS) is 10.8. The van der Waals surface area contributed by atoms with Gasteiger partial charge in [0.2, 0.25) is 0 Å². The van der Waals surface area contributed by atoms with Crippen LogP contribution in [0.2, 0.25) is 0 Å². The molecule has 2 aromatic carbocycles. The maximum Gasteiger partial charge on any atom is 0.255 e. The van der Waals surface area contributed by atoms with E-state index >= 15 is 0 Å². The first-order chi connectivity index (χ1) is 10.0. The Kier molecular flexibility index (Phi) is 3.43. The smallest absolute Gasteiger partial charge is 0.255 e. The molecule has 106 valence electrons. The molecule has 0 atom stereocenters. The Balaban J connectivity index is 1.88. The number of nitrogens with zero attached hydrogens (tertiary/aromatic N) is 1. The van der Waals surface area contributed by atoms with E-state index in [-0.39, 0.29) is 11.7 Å². The second-order valence-corrected chi connectivity index (χ2v) is 6.06. The highest BCUT2D eigenvalue weighted by molar-refractivity contribution is 7.18. The van der Waals surface area contributed by atoms with E-state index in [0.717, 1.165) is 15.2 Å². The minimum Gasteiger partial charge on any atom is -0.322 e. The monoisotopic (exact) mass is 300 g/mol. The number of carbonyl (C=O) groups excluding carboxylic acids is 1. The molecule has 0 fully saturated rings. The number of aryl methyl sites for hydroxylation is 2. The minimum absolute atomic E-state index is 0.243. The summed E-state index contributed by atoms with van der Waals surface area (Å²) in [5.74, 6) is -0.585. The van der Waals surface area contributed by atoms with Crippen molar-refractivity contribution in [2.45, 2.75) is 13.8 Å². The van der Waals surface area contributed by atoms with Gasteiger partial charge >= 0.3 is 0 Å². The number of hydrogen-bond donors (Lipinski definition) is 1. The quantitative estimate of drug-likeness (QED) is 0.766. The van der Waals surface area contributed by atoms with Crippen LogP contribution < -0.4 is 5.32 Å². The molecule has 3 nitrogen and oxygen atoms in total. The average molecular weight is 300 g/mol.